The van der Waals surface area contributed by atoms with Crippen LogP contribution in [0.3, 0.4) is 0 Å². The van der Waals surface area contributed by atoms with Gasteiger partial charge < -0.3 is 4.98 Å². The topological polar surface area (TPSA) is 99.3 Å². The minimum absolute atomic E-state index is 0.638. The molecule has 0 bridgehead atoms. The van der Waals surface area contributed by atoms with Gasteiger partial charge in [0, 0.05) is 47.8 Å². The quantitative estimate of drug-likeness (QED) is 0.357. The third kappa shape index (κ3) is 3.72. The molecule has 6 heterocycles. The molecule has 0 atom stereocenters. The Kier molecular flexibility index (Phi) is 5.03. The smallest absolute Gasteiger partial charge is 0.178 e. The lowest BCUT2D eigenvalue weighted by atomic mass is 10.0. The summed E-state index contributed by atoms with van der Waals surface area (Å²) in [6, 6.07) is 16.4. The molecule has 176 valence electrons. The minimum Gasteiger partial charge on any atom is -0.335 e. The number of nitrogens with zero attached hydrogens (tertiary/aromatic N) is 6. The summed E-state index contributed by atoms with van der Waals surface area (Å²) in [7, 11) is 0. The van der Waals surface area contributed by atoms with Crippen molar-refractivity contribution in [2.24, 2.45) is 0 Å². The molecule has 1 aliphatic heterocycles. The highest BCUT2D eigenvalue weighted by molar-refractivity contribution is 5.97. The molecule has 0 aliphatic carbocycles. The molecule has 5 aromatic heterocycles. The van der Waals surface area contributed by atoms with E-state index in [-0.39, 0.29) is 0 Å². The van der Waals surface area contributed by atoms with Crippen LogP contribution in [-0.4, -0.2) is 53.1 Å². The molecule has 2 N–H and O–H groups in total. The van der Waals surface area contributed by atoms with Gasteiger partial charge in [-0.15, -0.1) is 0 Å². The molecule has 0 unspecified atom stereocenters. The van der Waals surface area contributed by atoms with Gasteiger partial charge >= 0.3 is 0 Å². The van der Waals surface area contributed by atoms with E-state index in [4.69, 9.17) is 4.98 Å². The molecule has 6 aromatic rings. The van der Waals surface area contributed by atoms with Gasteiger partial charge in [-0.05, 0) is 73.5 Å². The molecule has 8 nitrogen and oxygen atoms in total. The fraction of sp³-hybridized carbons (Fsp3) is 0.179. The van der Waals surface area contributed by atoms with Crippen LogP contribution in [0.4, 0.5) is 0 Å². The lowest BCUT2D eigenvalue weighted by Crippen LogP contribution is -2.18. The highest BCUT2D eigenvalue weighted by Crippen LogP contribution is 2.32. The molecular formula is C28H24N8. The van der Waals surface area contributed by atoms with Gasteiger partial charge in [-0.25, -0.2) is 9.97 Å². The van der Waals surface area contributed by atoms with Crippen LogP contribution in [-0.2, 0) is 6.54 Å². The largest absolute Gasteiger partial charge is 0.335 e. The third-order valence-corrected chi connectivity index (χ3v) is 6.85. The number of nitrogens with one attached hydrogen (secondary N) is 2. The lowest BCUT2D eigenvalue weighted by molar-refractivity contribution is 0.331. The molecule has 1 saturated heterocycles. The third-order valence-electron chi connectivity index (χ3n) is 6.85. The van der Waals surface area contributed by atoms with Crippen molar-refractivity contribution in [3.63, 3.8) is 0 Å². The summed E-state index contributed by atoms with van der Waals surface area (Å²) in [6.45, 7) is 3.29. The zero-order chi connectivity index (χ0) is 23.9. The van der Waals surface area contributed by atoms with Crippen molar-refractivity contribution in [1.29, 1.82) is 0 Å². The average Bonchev–Trinajstić information content (AvgIpc) is 3.68. The van der Waals surface area contributed by atoms with E-state index in [2.05, 4.69) is 59.3 Å². The molecular weight excluding hydrogens is 448 g/mol. The maximum absolute atomic E-state index is 4.77. The fourth-order valence-electron chi connectivity index (χ4n) is 5.06. The number of hydrogen-bond acceptors (Lipinski definition) is 6. The molecule has 0 saturated carbocycles. The van der Waals surface area contributed by atoms with Gasteiger partial charge in [-0.3, -0.25) is 20.0 Å². The molecule has 36 heavy (non-hydrogen) atoms. The molecule has 0 radical (unpaired) electrons. The van der Waals surface area contributed by atoms with Crippen molar-refractivity contribution in [2.75, 3.05) is 13.1 Å². The van der Waals surface area contributed by atoms with Crippen molar-refractivity contribution in [3.8, 4) is 33.9 Å². The van der Waals surface area contributed by atoms with Gasteiger partial charge in [0.25, 0.3) is 0 Å². The Hall–Kier alpha value is -4.43. The predicted molar refractivity (Wildman–Crippen MR) is 140 cm³/mol. The molecule has 0 amide bonds. The molecule has 7 rings (SSSR count). The summed E-state index contributed by atoms with van der Waals surface area (Å²) < 4.78 is 0. The first-order valence-electron chi connectivity index (χ1n) is 12.2. The summed E-state index contributed by atoms with van der Waals surface area (Å²) >= 11 is 0. The maximum atomic E-state index is 4.77. The number of pyridine rings is 3. The second kappa shape index (κ2) is 8.66. The lowest BCUT2D eigenvalue weighted by Gasteiger charge is -2.14. The van der Waals surface area contributed by atoms with E-state index >= 15 is 0 Å². The van der Waals surface area contributed by atoms with Gasteiger partial charge in [-0.2, -0.15) is 5.10 Å². The summed E-state index contributed by atoms with van der Waals surface area (Å²) in [5, 5.41) is 8.75. The monoisotopic (exact) mass is 472 g/mol. The SMILES string of the molecule is c1ccc(-c2ccnc3nc(-c4n[nH]c5ccc(-c6cncc(CN7CCCC7)c6)cc45)[nH]c23)nc1. The second-order valence-corrected chi connectivity index (χ2v) is 9.26. The maximum Gasteiger partial charge on any atom is 0.178 e. The number of aromatic nitrogens is 7. The normalized spacial score (nSPS) is 14.2. The summed E-state index contributed by atoms with van der Waals surface area (Å²) in [4.78, 5) is 24.2. The van der Waals surface area contributed by atoms with Crippen LogP contribution in [0.2, 0.25) is 0 Å². The van der Waals surface area contributed by atoms with Crippen LogP contribution >= 0.6 is 0 Å². The van der Waals surface area contributed by atoms with Gasteiger partial charge in [0.15, 0.2) is 11.5 Å². The number of aromatic amines is 2. The van der Waals surface area contributed by atoms with Crippen molar-refractivity contribution in [2.45, 2.75) is 19.4 Å². The highest BCUT2D eigenvalue weighted by Gasteiger charge is 2.17. The standard InChI is InChI=1S/C28H24N8/c1-2-9-30-23(5-1)21-8-10-31-27-25(21)32-28(33-27)26-22-14-19(6-7-24(22)34-35-26)20-13-18(15-29-16-20)17-36-11-3-4-12-36/h1-2,5-10,13-16H,3-4,11-12,17H2,(H,34,35)(H,31,32,33). The number of fused-ring (bicyclic) bond motifs is 2. The van der Waals surface area contributed by atoms with Crippen LogP contribution in [0.15, 0.2) is 73.3 Å². The van der Waals surface area contributed by atoms with Gasteiger partial charge in [0.05, 0.1) is 16.7 Å². The summed E-state index contributed by atoms with van der Waals surface area (Å²) in [6.07, 6.45) is 10.0. The number of imidazole rings is 1. The van der Waals surface area contributed by atoms with E-state index in [9.17, 15) is 0 Å². The van der Waals surface area contributed by atoms with E-state index in [1.807, 2.05) is 36.7 Å². The Morgan fingerprint density at radius 2 is 1.83 bits per heavy atom. The van der Waals surface area contributed by atoms with E-state index < -0.39 is 0 Å². The van der Waals surface area contributed by atoms with Gasteiger partial charge in [0.1, 0.15) is 5.69 Å². The fourth-order valence-corrected chi connectivity index (χ4v) is 5.06. The Bertz CT molecular complexity index is 1680. The Labute approximate surface area is 207 Å². The predicted octanol–water partition coefficient (Wildman–Crippen LogP) is 5.22. The van der Waals surface area contributed by atoms with Crippen molar-refractivity contribution < 1.29 is 0 Å². The van der Waals surface area contributed by atoms with Crippen LogP contribution in [0.1, 0.15) is 18.4 Å². The molecule has 1 aromatic carbocycles. The van der Waals surface area contributed by atoms with E-state index in [0.717, 1.165) is 51.0 Å². The van der Waals surface area contributed by atoms with Crippen LogP contribution in [0.25, 0.3) is 56.0 Å². The number of H-pyrrole nitrogens is 2. The molecule has 0 spiro atoms. The number of hydrogen-bond donors (Lipinski definition) is 2. The van der Waals surface area contributed by atoms with Crippen molar-refractivity contribution in [1.82, 2.24) is 40.0 Å². The van der Waals surface area contributed by atoms with Gasteiger partial charge in [0.2, 0.25) is 0 Å². The summed E-state index contributed by atoms with van der Waals surface area (Å²) in [5.74, 6) is 0.671. The van der Waals surface area contributed by atoms with E-state index in [0.29, 0.717) is 11.5 Å². The van der Waals surface area contributed by atoms with E-state index in [1.54, 1.807) is 12.4 Å². The van der Waals surface area contributed by atoms with Crippen molar-refractivity contribution >= 4 is 22.1 Å². The zero-order valence-corrected chi connectivity index (χ0v) is 19.6. The van der Waals surface area contributed by atoms with E-state index in [1.165, 1.54) is 31.5 Å². The number of rotatable bonds is 5. The molecule has 1 fully saturated rings. The number of likely N-dealkylation sites (tertiary alicyclic amines) is 1. The Morgan fingerprint density at radius 3 is 2.72 bits per heavy atom. The Morgan fingerprint density at radius 1 is 0.889 bits per heavy atom. The zero-order valence-electron chi connectivity index (χ0n) is 19.6. The minimum atomic E-state index is 0.638. The van der Waals surface area contributed by atoms with Crippen molar-refractivity contribution in [3.05, 3.63) is 78.9 Å². The first kappa shape index (κ1) is 20.9. The molecule has 1 aliphatic rings. The average molecular weight is 473 g/mol. The second-order valence-electron chi connectivity index (χ2n) is 9.26. The molecule has 8 heteroatoms. The van der Waals surface area contributed by atoms with Crippen LogP contribution in [0, 0.1) is 0 Å². The highest BCUT2D eigenvalue weighted by atomic mass is 15.1. The van der Waals surface area contributed by atoms with Crippen LogP contribution < -0.4 is 0 Å². The first-order valence-corrected chi connectivity index (χ1v) is 12.2. The number of benzene rings is 1. The van der Waals surface area contributed by atoms with Crippen LogP contribution in [0.5, 0.6) is 0 Å². The van der Waals surface area contributed by atoms with Gasteiger partial charge in [-0.1, -0.05) is 12.1 Å². The Balaban J connectivity index is 1.28. The first-order chi connectivity index (χ1) is 17.8. The summed E-state index contributed by atoms with van der Waals surface area (Å²) in [5.41, 5.74) is 8.47.